The molecule has 12 aromatic rings. The second-order valence-corrected chi connectivity index (χ2v) is 15.0. The normalized spacial score (nSPS) is 13.7. The third kappa shape index (κ3) is 5.82. The van der Waals surface area contributed by atoms with E-state index in [0.29, 0.717) is 22.5 Å². The average molecular weight is 788 g/mol. The van der Waals surface area contributed by atoms with Crippen LogP contribution in [0.3, 0.4) is 0 Å². The third-order valence-corrected chi connectivity index (χ3v) is 11.5. The summed E-state index contributed by atoms with van der Waals surface area (Å²) >= 11 is 0. The smallest absolute Gasteiger partial charge is 0.137 e. The number of aromatic nitrogens is 1. The lowest BCUT2D eigenvalue weighted by atomic mass is 9.92. The van der Waals surface area contributed by atoms with Crippen molar-refractivity contribution in [2.45, 2.75) is 0 Å². The largest absolute Gasteiger partial charge is 0.456 e. The summed E-state index contributed by atoms with van der Waals surface area (Å²) in [4.78, 5) is 1.65. The molecule has 0 aliphatic carbocycles. The number of benzene rings is 10. The maximum Gasteiger partial charge on any atom is 0.137 e. The first-order valence-corrected chi connectivity index (χ1v) is 20.1. The fourth-order valence-corrected chi connectivity index (χ4v) is 8.85. The van der Waals surface area contributed by atoms with Crippen molar-refractivity contribution in [1.82, 2.24) is 4.57 Å². The van der Waals surface area contributed by atoms with Crippen molar-refractivity contribution < 1.29 is 16.8 Å². The molecule has 0 saturated heterocycles. The van der Waals surface area contributed by atoms with Gasteiger partial charge in [-0.15, -0.1) is 0 Å². The number of hydrogen-bond donors (Lipinski definition) is 0. The molecule has 0 N–H and O–H groups in total. The Balaban J connectivity index is 1.07. The van der Waals surface area contributed by atoms with Crippen molar-refractivity contribution in [2.24, 2.45) is 0 Å². The van der Waals surface area contributed by atoms with Gasteiger partial charge in [0.15, 0.2) is 0 Å². The van der Waals surface area contributed by atoms with Crippen molar-refractivity contribution in [3.63, 3.8) is 0 Å². The minimum absolute atomic E-state index is 0.0930. The van der Waals surface area contributed by atoms with E-state index in [4.69, 9.17) is 11.3 Å². The van der Waals surface area contributed by atoms with Gasteiger partial charge in [-0.3, -0.25) is 0 Å². The highest BCUT2D eigenvalue weighted by Crippen LogP contribution is 2.46. The van der Waals surface area contributed by atoms with Crippen LogP contribution in [-0.2, 0) is 0 Å². The summed E-state index contributed by atoms with van der Waals surface area (Å²) < 4.78 is 88.9. The van der Waals surface area contributed by atoms with Gasteiger partial charge in [-0.25, -0.2) is 0 Å². The molecule has 0 amide bonds. The Morgan fingerprint density at radius 1 is 0.377 bits per heavy atom. The quantitative estimate of drug-likeness (QED) is 0.160. The first kappa shape index (κ1) is 26.8. The van der Waals surface area contributed by atoms with Gasteiger partial charge in [-0.2, -0.15) is 0 Å². The Morgan fingerprint density at radius 3 is 1.80 bits per heavy atom. The first-order chi connectivity index (χ1) is 34.0. The van der Waals surface area contributed by atoms with Crippen molar-refractivity contribution in [3.8, 4) is 39.1 Å². The number of nitrogens with zero attached hydrogens (tertiary/aromatic N) is 2. The van der Waals surface area contributed by atoms with Gasteiger partial charge in [-0.05, 0) is 111 Å². The zero-order valence-corrected chi connectivity index (χ0v) is 32.5. The number of furan rings is 1. The first-order valence-electron chi connectivity index (χ1n) is 24.6. The van der Waals surface area contributed by atoms with Gasteiger partial charge in [0.25, 0.3) is 0 Å². The Morgan fingerprint density at radius 2 is 1.02 bits per heavy atom. The fourth-order valence-electron chi connectivity index (χ4n) is 8.85. The highest BCUT2D eigenvalue weighted by molar-refractivity contribution is 6.25. The van der Waals surface area contributed by atoms with E-state index in [1.54, 1.807) is 4.90 Å². The standard InChI is InChI=1S/C58H38N2O/c1-4-15-39(16-5-1)41-27-31-44(32-28-41)59(45-33-29-42(30-34-45)40-17-6-2-7-18-40)46-35-36-51-55(37-46)61-56-38-52(47-21-10-11-22-48(47)58(51)56)49-24-14-26-54-57(49)50-23-12-13-25-53(50)60(54)43-19-8-3-9-20-43/h1-38H/i1D,4D,5D,15D,16D,27D,28D,31D,32D. The predicted molar refractivity (Wildman–Crippen MR) is 257 cm³/mol. The summed E-state index contributed by atoms with van der Waals surface area (Å²) in [7, 11) is 0. The highest BCUT2D eigenvalue weighted by atomic mass is 16.3. The van der Waals surface area contributed by atoms with Crippen molar-refractivity contribution in [2.75, 3.05) is 4.90 Å². The molecule has 3 heteroatoms. The van der Waals surface area contributed by atoms with E-state index in [-0.39, 0.29) is 11.3 Å². The van der Waals surface area contributed by atoms with Crippen LogP contribution in [0.25, 0.3) is 93.6 Å². The number of para-hydroxylation sites is 2. The van der Waals surface area contributed by atoms with Crippen LogP contribution in [0, 0.1) is 0 Å². The molecule has 12 rings (SSSR count). The predicted octanol–water partition coefficient (Wildman–Crippen LogP) is 16.3. The molecule has 10 aromatic carbocycles. The minimum Gasteiger partial charge on any atom is -0.456 e. The zero-order chi connectivity index (χ0) is 48.1. The van der Waals surface area contributed by atoms with Crippen LogP contribution < -0.4 is 4.90 Å². The average Bonchev–Trinajstić information content (AvgIpc) is 3.95. The molecule has 0 fully saturated rings. The van der Waals surface area contributed by atoms with Gasteiger partial charge in [0.2, 0.25) is 0 Å². The summed E-state index contributed by atoms with van der Waals surface area (Å²) in [6.45, 7) is 0. The van der Waals surface area contributed by atoms with Crippen LogP contribution in [0.2, 0.25) is 0 Å². The number of hydrogen-bond acceptors (Lipinski definition) is 2. The van der Waals surface area contributed by atoms with Gasteiger partial charge < -0.3 is 13.9 Å². The van der Waals surface area contributed by atoms with E-state index in [2.05, 4.69) is 89.5 Å². The molecular formula is C58H38N2O. The maximum atomic E-state index is 9.51. The lowest BCUT2D eigenvalue weighted by Crippen LogP contribution is -2.09. The molecule has 286 valence electrons. The number of rotatable bonds is 7. The molecule has 2 heterocycles. The number of anilines is 3. The molecule has 0 bridgehead atoms. The van der Waals surface area contributed by atoms with E-state index < -0.39 is 59.9 Å². The summed E-state index contributed by atoms with van der Waals surface area (Å²) in [5.74, 6) is 0. The molecule has 0 saturated carbocycles. The van der Waals surface area contributed by atoms with Crippen LogP contribution in [-0.4, -0.2) is 4.57 Å². The minimum atomic E-state index is -0.635. The molecular weight excluding hydrogens is 741 g/mol. The molecule has 61 heavy (non-hydrogen) atoms. The third-order valence-electron chi connectivity index (χ3n) is 11.5. The molecule has 0 atom stereocenters. The van der Waals surface area contributed by atoms with E-state index in [9.17, 15) is 5.48 Å². The molecule has 0 spiro atoms. The number of fused-ring (bicyclic) bond motifs is 8. The van der Waals surface area contributed by atoms with Gasteiger partial charge in [-0.1, -0.05) is 158 Å². The monoisotopic (exact) mass is 787 g/mol. The Kier molecular flexibility index (Phi) is 6.28. The second-order valence-electron chi connectivity index (χ2n) is 15.0. The molecule has 0 radical (unpaired) electrons. The van der Waals surface area contributed by atoms with Crippen molar-refractivity contribution in [3.05, 3.63) is 230 Å². The van der Waals surface area contributed by atoms with E-state index in [1.165, 1.54) is 0 Å². The summed E-state index contributed by atoms with van der Waals surface area (Å²) in [6, 6.07) is 53.7. The summed E-state index contributed by atoms with van der Waals surface area (Å²) in [5.41, 5.74) is 8.56. The lowest BCUT2D eigenvalue weighted by Gasteiger charge is -2.26. The van der Waals surface area contributed by atoms with E-state index in [0.717, 1.165) is 71.3 Å². The Bertz CT molecular complexity index is 4050. The molecule has 3 nitrogen and oxygen atoms in total. The van der Waals surface area contributed by atoms with Crippen LogP contribution >= 0.6 is 0 Å². The SMILES string of the molecule is [2H]c1c([2H])c([2H])c(-c2c([2H])c([2H])c(N(c3ccc(-c4ccccc4)cc3)c3ccc4c(c3)oc3cc(-c5cccc6c5c5ccccc5n6-c5ccccc5)c5ccccc5c34)c([2H])c2[2H])c([2H])c1[2H]. The van der Waals surface area contributed by atoms with E-state index >= 15 is 0 Å². The molecule has 2 aromatic heterocycles. The Hall–Kier alpha value is -8.14. The van der Waals surface area contributed by atoms with Gasteiger partial charge >= 0.3 is 0 Å². The van der Waals surface area contributed by atoms with Crippen LogP contribution in [0.5, 0.6) is 0 Å². The van der Waals surface area contributed by atoms with Gasteiger partial charge in [0, 0.05) is 50.4 Å². The maximum absolute atomic E-state index is 9.51. The Labute approximate surface area is 366 Å². The zero-order valence-electron chi connectivity index (χ0n) is 41.5. The molecule has 0 unspecified atom stereocenters. The van der Waals surface area contributed by atoms with Crippen LogP contribution in [0.15, 0.2) is 235 Å². The van der Waals surface area contributed by atoms with Gasteiger partial charge in [0.1, 0.15) is 11.2 Å². The van der Waals surface area contributed by atoms with Crippen LogP contribution in [0.1, 0.15) is 12.3 Å². The van der Waals surface area contributed by atoms with Gasteiger partial charge in [0.05, 0.1) is 23.4 Å². The van der Waals surface area contributed by atoms with Crippen LogP contribution in [0.4, 0.5) is 17.1 Å². The summed E-state index contributed by atoms with van der Waals surface area (Å²) in [6.07, 6.45) is 0. The molecule has 0 aliphatic rings. The lowest BCUT2D eigenvalue weighted by molar-refractivity contribution is 0.669. The molecule has 0 aliphatic heterocycles. The van der Waals surface area contributed by atoms with E-state index in [1.807, 2.05) is 91.0 Å². The van der Waals surface area contributed by atoms with Crippen molar-refractivity contribution in [1.29, 1.82) is 0 Å². The second kappa shape index (κ2) is 14.3. The summed E-state index contributed by atoms with van der Waals surface area (Å²) in [5, 5.41) is 6.07. The topological polar surface area (TPSA) is 21.3 Å². The fraction of sp³-hybridized carbons (Fsp3) is 0. The van der Waals surface area contributed by atoms with Crippen molar-refractivity contribution >= 4 is 71.6 Å². The highest BCUT2D eigenvalue weighted by Gasteiger charge is 2.21.